The predicted octanol–water partition coefficient (Wildman–Crippen LogP) is 1.59. The molecular formula is C16H19NO4. The summed E-state index contributed by atoms with van der Waals surface area (Å²) < 4.78 is 5.08. The summed E-state index contributed by atoms with van der Waals surface area (Å²) in [6, 6.07) is 7.35. The van der Waals surface area contributed by atoms with Crippen molar-refractivity contribution in [3.05, 3.63) is 29.8 Å². The number of amides is 1. The van der Waals surface area contributed by atoms with E-state index >= 15 is 0 Å². The molecule has 21 heavy (non-hydrogen) atoms. The number of carbonyl (C=O) groups excluding carboxylic acids is 3. The van der Waals surface area contributed by atoms with Crippen LogP contribution in [0.1, 0.15) is 25.3 Å². The van der Waals surface area contributed by atoms with Crippen LogP contribution in [0.4, 0.5) is 0 Å². The van der Waals surface area contributed by atoms with Crippen LogP contribution in [0.25, 0.3) is 0 Å². The van der Waals surface area contributed by atoms with Crippen molar-refractivity contribution in [3.8, 4) is 5.75 Å². The molecule has 0 N–H and O–H groups in total. The number of benzene rings is 1. The summed E-state index contributed by atoms with van der Waals surface area (Å²) in [5.74, 6) is -1.26. The van der Waals surface area contributed by atoms with E-state index in [1.807, 2.05) is 24.3 Å². The summed E-state index contributed by atoms with van der Waals surface area (Å²) >= 11 is 0. The van der Waals surface area contributed by atoms with Crippen molar-refractivity contribution in [1.82, 2.24) is 4.90 Å². The van der Waals surface area contributed by atoms with Gasteiger partial charge in [-0.2, -0.15) is 0 Å². The quantitative estimate of drug-likeness (QED) is 0.610. The Bertz CT molecular complexity index is 550. The Morgan fingerprint density at radius 3 is 2.52 bits per heavy atom. The molecule has 0 saturated carbocycles. The number of hydrogen-bond acceptors (Lipinski definition) is 4. The number of rotatable bonds is 5. The molecule has 1 fully saturated rings. The third-order valence-electron chi connectivity index (χ3n) is 3.77. The van der Waals surface area contributed by atoms with Gasteiger partial charge < -0.3 is 9.64 Å². The summed E-state index contributed by atoms with van der Waals surface area (Å²) in [6.07, 6.45) is 0.718. The molecule has 5 nitrogen and oxygen atoms in total. The monoisotopic (exact) mass is 289 g/mol. The van der Waals surface area contributed by atoms with E-state index in [0.717, 1.165) is 11.3 Å². The van der Waals surface area contributed by atoms with Crippen molar-refractivity contribution in [2.75, 3.05) is 13.7 Å². The van der Waals surface area contributed by atoms with Crippen LogP contribution in [0, 0.1) is 5.92 Å². The van der Waals surface area contributed by atoms with Crippen LogP contribution in [-0.2, 0) is 20.9 Å². The van der Waals surface area contributed by atoms with E-state index in [2.05, 4.69) is 0 Å². The number of ether oxygens (including phenoxy) is 1. The molecule has 0 aliphatic carbocycles. The zero-order valence-corrected chi connectivity index (χ0v) is 12.3. The van der Waals surface area contributed by atoms with Gasteiger partial charge >= 0.3 is 0 Å². The van der Waals surface area contributed by atoms with Crippen LogP contribution in [0.2, 0.25) is 0 Å². The zero-order valence-electron chi connectivity index (χ0n) is 12.3. The topological polar surface area (TPSA) is 63.7 Å². The normalized spacial score (nSPS) is 18.8. The molecule has 1 atom stereocenters. The number of ketones is 2. The maximum absolute atomic E-state index is 12.1. The first-order valence-corrected chi connectivity index (χ1v) is 7.05. The Balaban J connectivity index is 2.04. The highest BCUT2D eigenvalue weighted by Crippen LogP contribution is 2.20. The van der Waals surface area contributed by atoms with E-state index in [1.165, 1.54) is 4.90 Å². The second-order valence-corrected chi connectivity index (χ2v) is 5.10. The molecule has 0 bridgehead atoms. The van der Waals surface area contributed by atoms with Crippen LogP contribution < -0.4 is 4.74 Å². The summed E-state index contributed by atoms with van der Waals surface area (Å²) in [7, 11) is 1.59. The van der Waals surface area contributed by atoms with Gasteiger partial charge in [0.2, 0.25) is 5.78 Å². The fourth-order valence-electron chi connectivity index (χ4n) is 2.48. The van der Waals surface area contributed by atoms with Gasteiger partial charge in [-0.25, -0.2) is 0 Å². The summed E-state index contributed by atoms with van der Waals surface area (Å²) in [5, 5.41) is 0. The molecule has 0 spiro atoms. The minimum atomic E-state index is -0.741. The Kier molecular flexibility index (Phi) is 4.73. The Morgan fingerprint density at radius 1 is 1.29 bits per heavy atom. The molecule has 0 radical (unpaired) electrons. The Labute approximate surface area is 123 Å². The van der Waals surface area contributed by atoms with Crippen LogP contribution in [0.15, 0.2) is 24.3 Å². The lowest BCUT2D eigenvalue weighted by Crippen LogP contribution is -2.47. The minimum Gasteiger partial charge on any atom is -0.497 e. The molecule has 1 aliphatic heterocycles. The smallest absolute Gasteiger partial charge is 0.291 e. The highest BCUT2D eigenvalue weighted by atomic mass is 16.5. The molecule has 1 aliphatic rings. The van der Waals surface area contributed by atoms with Gasteiger partial charge in [-0.15, -0.1) is 0 Å². The molecule has 112 valence electrons. The lowest BCUT2D eigenvalue weighted by molar-refractivity contribution is -0.153. The van der Waals surface area contributed by atoms with Gasteiger partial charge in [0.15, 0.2) is 0 Å². The molecular weight excluding hydrogens is 270 g/mol. The second-order valence-electron chi connectivity index (χ2n) is 5.10. The SMILES string of the molecule is CCC(=O)C1CCN(Cc2ccc(OC)cc2)C(=O)C1=O. The van der Waals surface area contributed by atoms with Crippen LogP contribution in [-0.4, -0.2) is 36.0 Å². The number of Topliss-reactive ketones (excluding diaryl/α,β-unsaturated/α-hetero) is 2. The number of piperidine rings is 1. The highest BCUT2D eigenvalue weighted by molar-refractivity contribution is 6.41. The maximum Gasteiger partial charge on any atom is 0.291 e. The number of nitrogens with zero attached hydrogens (tertiary/aromatic N) is 1. The van der Waals surface area contributed by atoms with Crippen molar-refractivity contribution >= 4 is 17.5 Å². The number of carbonyl (C=O) groups is 3. The first-order chi connectivity index (χ1) is 10.1. The average Bonchev–Trinajstić information content (AvgIpc) is 2.52. The molecule has 5 heteroatoms. The van der Waals surface area contributed by atoms with Gasteiger partial charge in [-0.05, 0) is 24.1 Å². The first-order valence-electron chi connectivity index (χ1n) is 7.05. The molecule has 1 aromatic rings. The van der Waals surface area contributed by atoms with E-state index < -0.39 is 17.6 Å². The van der Waals surface area contributed by atoms with Gasteiger partial charge in [-0.1, -0.05) is 19.1 Å². The van der Waals surface area contributed by atoms with Crippen LogP contribution >= 0.6 is 0 Å². The highest BCUT2D eigenvalue weighted by Gasteiger charge is 2.37. The van der Waals surface area contributed by atoms with Gasteiger partial charge in [0, 0.05) is 19.5 Å². The molecule has 1 amide bonds. The minimum absolute atomic E-state index is 0.141. The zero-order chi connectivity index (χ0) is 15.4. The number of likely N-dealkylation sites (tertiary alicyclic amines) is 1. The average molecular weight is 289 g/mol. The van der Waals surface area contributed by atoms with Crippen molar-refractivity contribution in [1.29, 1.82) is 0 Å². The van der Waals surface area contributed by atoms with E-state index in [1.54, 1.807) is 14.0 Å². The van der Waals surface area contributed by atoms with E-state index in [9.17, 15) is 14.4 Å². The van der Waals surface area contributed by atoms with Crippen molar-refractivity contribution in [2.45, 2.75) is 26.3 Å². The predicted molar refractivity (Wildman–Crippen MR) is 76.8 cm³/mol. The third kappa shape index (κ3) is 3.29. The molecule has 2 rings (SSSR count). The largest absolute Gasteiger partial charge is 0.497 e. The Hall–Kier alpha value is -2.17. The molecule has 1 saturated heterocycles. The van der Waals surface area contributed by atoms with Crippen molar-refractivity contribution in [3.63, 3.8) is 0 Å². The Morgan fingerprint density at radius 2 is 1.95 bits per heavy atom. The lowest BCUT2D eigenvalue weighted by atomic mass is 9.89. The van der Waals surface area contributed by atoms with Gasteiger partial charge in [0.05, 0.1) is 13.0 Å². The summed E-state index contributed by atoms with van der Waals surface area (Å²) in [6.45, 7) is 2.53. The van der Waals surface area contributed by atoms with Crippen LogP contribution in [0.3, 0.4) is 0 Å². The molecule has 0 aromatic heterocycles. The second kappa shape index (κ2) is 6.52. The third-order valence-corrected chi connectivity index (χ3v) is 3.77. The first kappa shape index (κ1) is 15.2. The standard InChI is InChI=1S/C16H19NO4/c1-3-14(18)13-8-9-17(16(20)15(13)19)10-11-4-6-12(21-2)7-5-11/h4-7,13H,3,8-10H2,1-2H3. The number of hydrogen-bond donors (Lipinski definition) is 0. The fraction of sp³-hybridized carbons (Fsp3) is 0.438. The lowest BCUT2D eigenvalue weighted by Gasteiger charge is -2.29. The van der Waals surface area contributed by atoms with Gasteiger partial charge in [-0.3, -0.25) is 14.4 Å². The number of methoxy groups -OCH3 is 1. The van der Waals surface area contributed by atoms with E-state index in [0.29, 0.717) is 25.9 Å². The maximum atomic E-state index is 12.1. The fourth-order valence-corrected chi connectivity index (χ4v) is 2.48. The molecule has 1 heterocycles. The van der Waals surface area contributed by atoms with Gasteiger partial charge in [0.1, 0.15) is 11.5 Å². The molecule has 1 aromatic carbocycles. The van der Waals surface area contributed by atoms with E-state index in [-0.39, 0.29) is 5.78 Å². The van der Waals surface area contributed by atoms with Gasteiger partial charge in [0.25, 0.3) is 5.91 Å². The van der Waals surface area contributed by atoms with Crippen molar-refractivity contribution in [2.24, 2.45) is 5.92 Å². The summed E-state index contributed by atoms with van der Waals surface area (Å²) in [5.41, 5.74) is 0.928. The van der Waals surface area contributed by atoms with Crippen molar-refractivity contribution < 1.29 is 19.1 Å². The summed E-state index contributed by atoms with van der Waals surface area (Å²) in [4.78, 5) is 37.2. The molecule has 1 unspecified atom stereocenters. The van der Waals surface area contributed by atoms with E-state index in [4.69, 9.17) is 4.74 Å². The van der Waals surface area contributed by atoms with Crippen LogP contribution in [0.5, 0.6) is 5.75 Å².